The van der Waals surface area contributed by atoms with Crippen molar-refractivity contribution in [3.8, 4) is 5.75 Å². The van der Waals surface area contributed by atoms with Gasteiger partial charge in [0.2, 0.25) is 0 Å². The Labute approximate surface area is 128 Å². The minimum Gasteiger partial charge on any atom is -0.492 e. The molecule has 0 bridgehead atoms. The van der Waals surface area contributed by atoms with Crippen LogP contribution in [0.25, 0.3) is 0 Å². The van der Waals surface area contributed by atoms with E-state index >= 15 is 0 Å². The summed E-state index contributed by atoms with van der Waals surface area (Å²) in [4.78, 5) is 2.24. The predicted molar refractivity (Wildman–Crippen MR) is 86.8 cm³/mol. The molecular formula is C16H19BrN2O. The van der Waals surface area contributed by atoms with Gasteiger partial charge in [-0.2, -0.15) is 0 Å². The first-order chi connectivity index (χ1) is 9.63. The second kappa shape index (κ2) is 7.31. The van der Waals surface area contributed by atoms with Crippen LogP contribution in [0.3, 0.4) is 0 Å². The first-order valence-corrected chi connectivity index (χ1v) is 7.34. The van der Waals surface area contributed by atoms with Gasteiger partial charge in [0.15, 0.2) is 0 Å². The van der Waals surface area contributed by atoms with Crippen molar-refractivity contribution in [1.82, 2.24) is 4.90 Å². The fourth-order valence-corrected chi connectivity index (χ4v) is 2.36. The van der Waals surface area contributed by atoms with Crippen molar-refractivity contribution in [1.29, 1.82) is 0 Å². The Morgan fingerprint density at radius 2 is 1.90 bits per heavy atom. The highest BCUT2D eigenvalue weighted by Crippen LogP contribution is 2.14. The van der Waals surface area contributed by atoms with Crippen molar-refractivity contribution in [2.75, 3.05) is 25.9 Å². The van der Waals surface area contributed by atoms with Gasteiger partial charge >= 0.3 is 0 Å². The molecule has 0 fully saturated rings. The number of nitrogens with two attached hydrogens (primary N) is 1. The minimum atomic E-state index is 0.661. The van der Waals surface area contributed by atoms with E-state index in [0.29, 0.717) is 6.61 Å². The summed E-state index contributed by atoms with van der Waals surface area (Å²) in [7, 11) is 2.09. The number of hydrogen-bond donors (Lipinski definition) is 1. The summed E-state index contributed by atoms with van der Waals surface area (Å²) in [6.45, 7) is 2.44. The second-order valence-electron chi connectivity index (χ2n) is 4.79. The fourth-order valence-electron chi connectivity index (χ4n) is 1.91. The van der Waals surface area contributed by atoms with Crippen LogP contribution in [-0.4, -0.2) is 25.1 Å². The number of benzene rings is 2. The highest BCUT2D eigenvalue weighted by atomic mass is 79.9. The van der Waals surface area contributed by atoms with E-state index in [9.17, 15) is 0 Å². The van der Waals surface area contributed by atoms with Crippen LogP contribution in [0.5, 0.6) is 5.75 Å². The Hall–Kier alpha value is -1.52. The van der Waals surface area contributed by atoms with E-state index in [2.05, 4.69) is 46.1 Å². The zero-order valence-corrected chi connectivity index (χ0v) is 13.1. The molecule has 0 spiro atoms. The van der Waals surface area contributed by atoms with Crippen molar-refractivity contribution < 1.29 is 4.74 Å². The quantitative estimate of drug-likeness (QED) is 0.821. The lowest BCUT2D eigenvalue weighted by atomic mass is 10.2. The molecule has 0 aromatic heterocycles. The number of rotatable bonds is 6. The number of ether oxygens (including phenoxy) is 1. The number of nitrogens with zero attached hydrogens (tertiary/aromatic N) is 1. The predicted octanol–water partition coefficient (Wildman–Crippen LogP) is 3.54. The Bertz CT molecular complexity index is 542. The summed E-state index contributed by atoms with van der Waals surface area (Å²) in [6, 6.07) is 15.8. The van der Waals surface area contributed by atoms with Crippen LogP contribution in [0.2, 0.25) is 0 Å². The number of anilines is 1. The van der Waals surface area contributed by atoms with Crippen LogP contribution in [-0.2, 0) is 6.54 Å². The number of hydrogen-bond acceptors (Lipinski definition) is 3. The molecule has 0 heterocycles. The lowest BCUT2D eigenvalue weighted by molar-refractivity contribution is 0.233. The van der Waals surface area contributed by atoms with Crippen molar-refractivity contribution in [2.45, 2.75) is 6.54 Å². The summed E-state index contributed by atoms with van der Waals surface area (Å²) in [5.41, 5.74) is 7.67. The van der Waals surface area contributed by atoms with Crippen LogP contribution < -0.4 is 10.5 Å². The van der Waals surface area contributed by atoms with E-state index in [1.165, 1.54) is 5.56 Å². The van der Waals surface area contributed by atoms with Gasteiger partial charge in [0.1, 0.15) is 12.4 Å². The van der Waals surface area contributed by atoms with Crippen molar-refractivity contribution in [3.63, 3.8) is 0 Å². The molecule has 0 unspecified atom stereocenters. The monoisotopic (exact) mass is 334 g/mol. The Kier molecular flexibility index (Phi) is 5.44. The van der Waals surface area contributed by atoms with Crippen LogP contribution in [0, 0.1) is 0 Å². The summed E-state index contributed by atoms with van der Waals surface area (Å²) in [6.07, 6.45) is 0. The molecule has 0 amide bonds. The molecule has 0 saturated heterocycles. The van der Waals surface area contributed by atoms with Gasteiger partial charge in [0, 0.05) is 23.2 Å². The van der Waals surface area contributed by atoms with Gasteiger partial charge in [-0.15, -0.1) is 0 Å². The molecule has 3 nitrogen and oxygen atoms in total. The summed E-state index contributed by atoms with van der Waals surface area (Å²) < 4.78 is 6.80. The maximum Gasteiger partial charge on any atom is 0.119 e. The highest BCUT2D eigenvalue weighted by Gasteiger charge is 2.01. The molecule has 2 aromatic rings. The number of likely N-dealkylation sites (N-methyl/N-ethyl adjacent to an activating group) is 1. The van der Waals surface area contributed by atoms with Gasteiger partial charge in [0.05, 0.1) is 0 Å². The van der Waals surface area contributed by atoms with E-state index < -0.39 is 0 Å². The van der Waals surface area contributed by atoms with E-state index in [1.807, 2.05) is 30.3 Å². The zero-order valence-electron chi connectivity index (χ0n) is 11.6. The largest absolute Gasteiger partial charge is 0.492 e. The number of nitrogen functional groups attached to an aromatic ring is 1. The first kappa shape index (κ1) is 14.9. The van der Waals surface area contributed by atoms with Crippen molar-refractivity contribution >= 4 is 21.6 Å². The zero-order chi connectivity index (χ0) is 14.4. The molecule has 20 heavy (non-hydrogen) atoms. The van der Waals surface area contributed by atoms with E-state index in [0.717, 1.165) is 29.0 Å². The molecule has 2 aromatic carbocycles. The third kappa shape index (κ3) is 4.87. The van der Waals surface area contributed by atoms with Crippen LogP contribution in [0.1, 0.15) is 5.56 Å². The van der Waals surface area contributed by atoms with E-state index in [-0.39, 0.29) is 0 Å². The molecule has 0 atom stereocenters. The molecule has 2 rings (SSSR count). The van der Waals surface area contributed by atoms with E-state index in [1.54, 1.807) is 0 Å². The molecule has 0 aliphatic carbocycles. The summed E-state index contributed by atoms with van der Waals surface area (Å²) >= 11 is 3.49. The van der Waals surface area contributed by atoms with Crippen LogP contribution in [0.15, 0.2) is 53.0 Å². The second-order valence-corrected chi connectivity index (χ2v) is 5.70. The van der Waals surface area contributed by atoms with Crippen LogP contribution in [0.4, 0.5) is 5.69 Å². The first-order valence-electron chi connectivity index (χ1n) is 6.55. The topological polar surface area (TPSA) is 38.5 Å². The lowest BCUT2D eigenvalue weighted by Crippen LogP contribution is -2.23. The molecule has 0 saturated carbocycles. The van der Waals surface area contributed by atoms with Gasteiger partial charge in [-0.05, 0) is 49.0 Å². The van der Waals surface area contributed by atoms with Gasteiger partial charge in [0.25, 0.3) is 0 Å². The average Bonchev–Trinajstić information content (AvgIpc) is 2.41. The SMILES string of the molecule is CN(CCOc1ccc(N)cc1)Cc1cccc(Br)c1. The molecule has 4 heteroatoms. The average molecular weight is 335 g/mol. The standard InChI is InChI=1S/C16H19BrN2O/c1-19(12-13-3-2-4-14(17)11-13)9-10-20-16-7-5-15(18)6-8-16/h2-8,11H,9-10,12,18H2,1H3. The Balaban J connectivity index is 1.75. The van der Waals surface area contributed by atoms with Gasteiger partial charge < -0.3 is 10.5 Å². The third-order valence-electron chi connectivity index (χ3n) is 2.96. The molecular weight excluding hydrogens is 316 g/mol. The normalized spacial score (nSPS) is 10.8. The minimum absolute atomic E-state index is 0.661. The Morgan fingerprint density at radius 3 is 2.60 bits per heavy atom. The number of halogens is 1. The van der Waals surface area contributed by atoms with Gasteiger partial charge in [-0.25, -0.2) is 0 Å². The van der Waals surface area contributed by atoms with Gasteiger partial charge in [-0.3, -0.25) is 4.90 Å². The smallest absolute Gasteiger partial charge is 0.119 e. The van der Waals surface area contributed by atoms with Crippen LogP contribution >= 0.6 is 15.9 Å². The van der Waals surface area contributed by atoms with Crippen molar-refractivity contribution in [2.24, 2.45) is 0 Å². The molecule has 0 aliphatic rings. The highest BCUT2D eigenvalue weighted by molar-refractivity contribution is 9.10. The van der Waals surface area contributed by atoms with Crippen molar-refractivity contribution in [3.05, 3.63) is 58.6 Å². The maximum atomic E-state index is 5.69. The summed E-state index contributed by atoms with van der Waals surface area (Å²) in [5, 5.41) is 0. The summed E-state index contributed by atoms with van der Waals surface area (Å²) in [5.74, 6) is 0.857. The lowest BCUT2D eigenvalue weighted by Gasteiger charge is -2.17. The van der Waals surface area contributed by atoms with E-state index in [4.69, 9.17) is 10.5 Å². The fraction of sp³-hybridized carbons (Fsp3) is 0.250. The molecule has 106 valence electrons. The maximum absolute atomic E-state index is 5.69. The molecule has 2 N–H and O–H groups in total. The van der Waals surface area contributed by atoms with Gasteiger partial charge in [-0.1, -0.05) is 28.1 Å². The Morgan fingerprint density at radius 1 is 1.15 bits per heavy atom. The molecule has 0 radical (unpaired) electrons. The third-order valence-corrected chi connectivity index (χ3v) is 3.46. The molecule has 0 aliphatic heterocycles.